The first-order chi connectivity index (χ1) is 17.5. The molecule has 0 radical (unpaired) electrons. The van der Waals surface area contributed by atoms with E-state index in [1.165, 1.54) is 6.42 Å². The highest BCUT2D eigenvalue weighted by molar-refractivity contribution is 14.1. The summed E-state index contributed by atoms with van der Waals surface area (Å²) in [5.74, 6) is 0.960. The summed E-state index contributed by atoms with van der Waals surface area (Å²) in [6.07, 6.45) is 4.90. The molecule has 0 atom stereocenters. The van der Waals surface area contributed by atoms with Crippen molar-refractivity contribution in [2.24, 2.45) is 5.10 Å². The van der Waals surface area contributed by atoms with Gasteiger partial charge in [0.15, 0.2) is 11.5 Å². The van der Waals surface area contributed by atoms with Gasteiger partial charge in [0.05, 0.1) is 13.3 Å². The molecule has 1 aliphatic heterocycles. The lowest BCUT2D eigenvalue weighted by Gasteiger charge is -2.26. The third kappa shape index (κ3) is 6.84. The number of ether oxygens (including phenoxy) is 2. The van der Waals surface area contributed by atoms with Crippen LogP contribution in [0.4, 0.5) is 0 Å². The van der Waals surface area contributed by atoms with E-state index in [2.05, 4.69) is 33.1 Å². The number of rotatable bonds is 8. The molecule has 2 amide bonds. The van der Waals surface area contributed by atoms with Crippen molar-refractivity contribution in [1.82, 2.24) is 10.3 Å². The van der Waals surface area contributed by atoms with E-state index in [1.807, 2.05) is 47.4 Å². The SMILES string of the molecule is COc1cc(/C=N\NC(=O)c2cccc(I)c2)ccc1OCc1ccc(C(=O)N2CCCCC2)cc1. The van der Waals surface area contributed by atoms with Gasteiger partial charge in [0.1, 0.15) is 6.61 Å². The Labute approximate surface area is 224 Å². The molecular weight excluding hydrogens is 569 g/mol. The number of nitrogens with one attached hydrogen (secondary N) is 1. The fourth-order valence-corrected chi connectivity index (χ4v) is 4.47. The molecule has 3 aromatic carbocycles. The van der Waals surface area contributed by atoms with Crippen LogP contribution < -0.4 is 14.9 Å². The molecule has 0 aliphatic carbocycles. The van der Waals surface area contributed by atoms with Crippen molar-refractivity contribution in [2.45, 2.75) is 25.9 Å². The van der Waals surface area contributed by atoms with Gasteiger partial charge in [-0.1, -0.05) is 18.2 Å². The van der Waals surface area contributed by atoms with E-state index in [0.717, 1.165) is 40.6 Å². The first kappa shape index (κ1) is 25.7. The van der Waals surface area contributed by atoms with Crippen molar-refractivity contribution >= 4 is 40.6 Å². The fourth-order valence-electron chi connectivity index (χ4n) is 3.93. The second-order valence-corrected chi connectivity index (χ2v) is 9.70. The van der Waals surface area contributed by atoms with Crippen LogP contribution in [0.3, 0.4) is 0 Å². The second kappa shape index (κ2) is 12.5. The average molecular weight is 597 g/mol. The smallest absolute Gasteiger partial charge is 0.271 e. The van der Waals surface area contributed by atoms with Crippen molar-refractivity contribution in [2.75, 3.05) is 20.2 Å². The molecule has 0 aromatic heterocycles. The van der Waals surface area contributed by atoms with Crippen LogP contribution in [-0.4, -0.2) is 43.1 Å². The highest BCUT2D eigenvalue weighted by Crippen LogP contribution is 2.28. The topological polar surface area (TPSA) is 80.2 Å². The Morgan fingerprint density at radius 3 is 2.47 bits per heavy atom. The minimum atomic E-state index is -0.277. The third-order valence-corrected chi connectivity index (χ3v) is 6.56. The maximum absolute atomic E-state index is 12.6. The molecule has 0 saturated carbocycles. The summed E-state index contributed by atoms with van der Waals surface area (Å²) >= 11 is 2.16. The number of piperidine rings is 1. The van der Waals surface area contributed by atoms with Gasteiger partial charge < -0.3 is 14.4 Å². The van der Waals surface area contributed by atoms with Crippen LogP contribution in [-0.2, 0) is 6.61 Å². The first-order valence-corrected chi connectivity index (χ1v) is 12.9. The van der Waals surface area contributed by atoms with Gasteiger partial charge in [-0.15, -0.1) is 0 Å². The van der Waals surface area contributed by atoms with Crippen LogP contribution in [0.1, 0.15) is 51.1 Å². The van der Waals surface area contributed by atoms with Gasteiger partial charge in [-0.05, 0) is 102 Å². The molecule has 3 aromatic rings. The molecule has 1 saturated heterocycles. The number of carbonyl (C=O) groups is 2. The highest BCUT2D eigenvalue weighted by atomic mass is 127. The maximum Gasteiger partial charge on any atom is 0.271 e. The lowest BCUT2D eigenvalue weighted by Crippen LogP contribution is -2.35. The minimum Gasteiger partial charge on any atom is -0.493 e. The van der Waals surface area contributed by atoms with E-state index in [0.29, 0.717) is 29.2 Å². The van der Waals surface area contributed by atoms with Crippen molar-refractivity contribution in [1.29, 1.82) is 0 Å². The summed E-state index contributed by atoms with van der Waals surface area (Å²) in [5.41, 5.74) is 5.49. The number of halogens is 1. The predicted octanol–water partition coefficient (Wildman–Crippen LogP) is 5.27. The predicted molar refractivity (Wildman–Crippen MR) is 148 cm³/mol. The molecule has 1 aliphatic rings. The number of methoxy groups -OCH3 is 1. The Bertz CT molecular complexity index is 1240. The van der Waals surface area contributed by atoms with E-state index in [1.54, 1.807) is 37.6 Å². The molecule has 36 heavy (non-hydrogen) atoms. The first-order valence-electron chi connectivity index (χ1n) is 11.8. The molecule has 1 heterocycles. The minimum absolute atomic E-state index is 0.0933. The zero-order valence-electron chi connectivity index (χ0n) is 20.1. The van der Waals surface area contributed by atoms with Gasteiger partial charge in [0, 0.05) is 27.8 Å². The van der Waals surface area contributed by atoms with E-state index in [9.17, 15) is 9.59 Å². The van der Waals surface area contributed by atoms with Crippen LogP contribution in [0.15, 0.2) is 71.8 Å². The van der Waals surface area contributed by atoms with Crippen LogP contribution in [0.2, 0.25) is 0 Å². The van der Waals surface area contributed by atoms with Gasteiger partial charge in [-0.3, -0.25) is 9.59 Å². The summed E-state index contributed by atoms with van der Waals surface area (Å²) in [5, 5.41) is 4.05. The molecule has 0 bridgehead atoms. The summed E-state index contributed by atoms with van der Waals surface area (Å²) in [6, 6.07) is 20.3. The van der Waals surface area contributed by atoms with E-state index < -0.39 is 0 Å². The van der Waals surface area contributed by atoms with Crippen LogP contribution in [0, 0.1) is 3.57 Å². The molecule has 0 unspecified atom stereocenters. The average Bonchev–Trinajstić information content (AvgIpc) is 2.92. The summed E-state index contributed by atoms with van der Waals surface area (Å²) in [6.45, 7) is 2.01. The standard InChI is InChI=1S/C28H28IN3O4/c1-35-26-16-21(18-30-31-27(33)23-6-5-7-24(29)17-23)10-13-25(26)36-19-20-8-11-22(12-9-20)28(34)32-14-3-2-4-15-32/h5-13,16-18H,2-4,14-15,19H2,1H3,(H,31,33)/b30-18-. The van der Waals surface area contributed by atoms with Crippen LogP contribution in [0.25, 0.3) is 0 Å². The number of hydrogen-bond donors (Lipinski definition) is 1. The van der Waals surface area contributed by atoms with Gasteiger partial charge >= 0.3 is 0 Å². The monoisotopic (exact) mass is 597 g/mol. The van der Waals surface area contributed by atoms with Crippen LogP contribution >= 0.6 is 22.6 Å². The largest absolute Gasteiger partial charge is 0.493 e. The molecule has 1 N–H and O–H groups in total. The van der Waals surface area contributed by atoms with Crippen LogP contribution in [0.5, 0.6) is 11.5 Å². The van der Waals surface area contributed by atoms with E-state index >= 15 is 0 Å². The summed E-state index contributed by atoms with van der Waals surface area (Å²) < 4.78 is 12.4. The van der Waals surface area contributed by atoms with E-state index in [4.69, 9.17) is 9.47 Å². The van der Waals surface area contributed by atoms with Crippen molar-refractivity contribution in [3.8, 4) is 11.5 Å². The number of benzene rings is 3. The molecule has 4 rings (SSSR count). The number of nitrogens with zero attached hydrogens (tertiary/aromatic N) is 2. The van der Waals surface area contributed by atoms with E-state index in [-0.39, 0.29) is 11.8 Å². The number of hydrazone groups is 1. The second-order valence-electron chi connectivity index (χ2n) is 8.46. The number of amides is 2. The lowest BCUT2D eigenvalue weighted by molar-refractivity contribution is 0.0724. The van der Waals surface area contributed by atoms with Gasteiger partial charge in [-0.2, -0.15) is 5.10 Å². The number of carbonyl (C=O) groups excluding carboxylic acids is 2. The third-order valence-electron chi connectivity index (χ3n) is 5.89. The molecule has 1 fully saturated rings. The molecule has 186 valence electrons. The quantitative estimate of drug-likeness (QED) is 0.218. The Kier molecular flexibility index (Phi) is 8.94. The number of likely N-dealkylation sites (tertiary alicyclic amines) is 1. The molecule has 8 heteroatoms. The summed E-state index contributed by atoms with van der Waals surface area (Å²) in [4.78, 5) is 26.8. The van der Waals surface area contributed by atoms with Gasteiger partial charge in [0.2, 0.25) is 0 Å². The Hall–Kier alpha value is -3.40. The van der Waals surface area contributed by atoms with Gasteiger partial charge in [-0.25, -0.2) is 5.43 Å². The Balaban J connectivity index is 1.33. The fraction of sp³-hybridized carbons (Fsp3) is 0.250. The number of hydrogen-bond acceptors (Lipinski definition) is 5. The maximum atomic E-state index is 12.6. The molecule has 0 spiro atoms. The zero-order valence-corrected chi connectivity index (χ0v) is 22.2. The van der Waals surface area contributed by atoms with Crippen molar-refractivity contribution in [3.63, 3.8) is 0 Å². The Morgan fingerprint density at radius 1 is 0.972 bits per heavy atom. The Morgan fingerprint density at radius 2 is 1.75 bits per heavy atom. The van der Waals surface area contributed by atoms with Crippen molar-refractivity contribution < 1.29 is 19.1 Å². The normalized spacial score (nSPS) is 13.4. The van der Waals surface area contributed by atoms with Gasteiger partial charge in [0.25, 0.3) is 11.8 Å². The molecular formula is C28H28IN3O4. The highest BCUT2D eigenvalue weighted by Gasteiger charge is 2.18. The lowest BCUT2D eigenvalue weighted by atomic mass is 10.1. The zero-order chi connectivity index (χ0) is 25.3. The molecule has 7 nitrogen and oxygen atoms in total. The van der Waals surface area contributed by atoms with Crippen molar-refractivity contribution in [3.05, 3.63) is 92.6 Å². The summed E-state index contributed by atoms with van der Waals surface area (Å²) in [7, 11) is 1.57.